The van der Waals surface area contributed by atoms with Gasteiger partial charge in [-0.15, -0.1) is 0 Å². The van der Waals surface area contributed by atoms with E-state index in [9.17, 15) is 18.0 Å². The van der Waals surface area contributed by atoms with Crippen LogP contribution in [0.5, 0.6) is 0 Å². The van der Waals surface area contributed by atoms with E-state index < -0.39 is 28.5 Å². The number of benzene rings is 4. The van der Waals surface area contributed by atoms with Crippen molar-refractivity contribution >= 4 is 50.1 Å². The predicted octanol–water partition coefficient (Wildman–Crippen LogP) is 5.18. The molecule has 0 saturated heterocycles. The molecule has 212 valence electrons. The molecule has 4 aromatic rings. The smallest absolute Gasteiger partial charge is 0.264 e. The van der Waals surface area contributed by atoms with E-state index in [4.69, 9.17) is 0 Å². The number of aryl methyl sites for hydroxylation is 1. The van der Waals surface area contributed by atoms with Crippen LogP contribution in [0, 0.1) is 10.5 Å². The van der Waals surface area contributed by atoms with Crippen LogP contribution in [0.4, 0.5) is 5.69 Å². The van der Waals surface area contributed by atoms with Crippen LogP contribution in [0.2, 0.25) is 0 Å². The van der Waals surface area contributed by atoms with Gasteiger partial charge >= 0.3 is 0 Å². The molecule has 0 aliphatic rings. The Morgan fingerprint density at radius 2 is 1.44 bits per heavy atom. The van der Waals surface area contributed by atoms with Crippen LogP contribution in [-0.2, 0) is 32.6 Å². The average molecular weight is 682 g/mol. The van der Waals surface area contributed by atoms with Crippen molar-refractivity contribution in [1.82, 2.24) is 10.2 Å². The van der Waals surface area contributed by atoms with Crippen LogP contribution in [0.3, 0.4) is 0 Å². The first-order chi connectivity index (χ1) is 19.7. The van der Waals surface area contributed by atoms with Crippen molar-refractivity contribution in [3.8, 4) is 0 Å². The number of hydrogen-bond acceptors (Lipinski definition) is 4. The van der Waals surface area contributed by atoms with Crippen molar-refractivity contribution in [3.63, 3.8) is 0 Å². The molecule has 1 N–H and O–H groups in total. The summed E-state index contributed by atoms with van der Waals surface area (Å²) >= 11 is 2.15. The number of nitrogens with one attached hydrogen (secondary N) is 1. The second-order valence-electron chi connectivity index (χ2n) is 9.63. The van der Waals surface area contributed by atoms with E-state index >= 15 is 0 Å². The maximum absolute atomic E-state index is 14.3. The summed E-state index contributed by atoms with van der Waals surface area (Å²) in [6.07, 6.45) is 0.271. The Morgan fingerprint density at radius 1 is 0.829 bits per heavy atom. The molecule has 4 rings (SSSR count). The fraction of sp³-hybridized carbons (Fsp3) is 0.188. The summed E-state index contributed by atoms with van der Waals surface area (Å²) in [7, 11) is -2.57. The van der Waals surface area contributed by atoms with Gasteiger partial charge < -0.3 is 10.2 Å². The van der Waals surface area contributed by atoms with Crippen molar-refractivity contribution in [2.45, 2.75) is 30.8 Å². The largest absolute Gasteiger partial charge is 0.357 e. The summed E-state index contributed by atoms with van der Waals surface area (Å²) in [5.41, 5.74) is 3.10. The second kappa shape index (κ2) is 13.8. The molecule has 0 saturated carbocycles. The fourth-order valence-electron chi connectivity index (χ4n) is 4.58. The van der Waals surface area contributed by atoms with E-state index in [1.54, 1.807) is 42.5 Å². The van der Waals surface area contributed by atoms with Crippen molar-refractivity contribution < 1.29 is 18.0 Å². The van der Waals surface area contributed by atoms with Gasteiger partial charge in [-0.2, -0.15) is 0 Å². The van der Waals surface area contributed by atoms with Crippen molar-refractivity contribution in [1.29, 1.82) is 0 Å². The molecule has 1 atom stereocenters. The monoisotopic (exact) mass is 681 g/mol. The minimum atomic E-state index is -4.10. The molecule has 0 spiro atoms. The third-order valence-corrected chi connectivity index (χ3v) is 9.18. The first kappa shape index (κ1) is 30.3. The van der Waals surface area contributed by atoms with Gasteiger partial charge in [-0.25, -0.2) is 8.42 Å². The van der Waals surface area contributed by atoms with Crippen molar-refractivity contribution in [2.75, 3.05) is 17.9 Å². The highest BCUT2D eigenvalue weighted by Gasteiger charge is 2.34. The van der Waals surface area contributed by atoms with Gasteiger partial charge in [-0.1, -0.05) is 78.4 Å². The number of amides is 2. The number of halogens is 1. The topological polar surface area (TPSA) is 86.8 Å². The number of rotatable bonds is 11. The normalized spacial score (nSPS) is 11.9. The molecule has 41 heavy (non-hydrogen) atoms. The van der Waals surface area contributed by atoms with Gasteiger partial charge in [0.1, 0.15) is 12.6 Å². The summed E-state index contributed by atoms with van der Waals surface area (Å²) in [6.45, 7) is 1.62. The Morgan fingerprint density at radius 3 is 2.05 bits per heavy atom. The van der Waals surface area contributed by atoms with Crippen LogP contribution in [-0.4, -0.2) is 44.8 Å². The molecule has 0 aromatic heterocycles. The standard InChI is InChI=1S/C32H32IN3O4S/c1-24-10-9-13-26(20-24)22-35(30(32(38)34-2)21-25-11-5-3-6-12-25)31(37)23-36(28-18-16-27(33)17-19-28)41(39,40)29-14-7-4-8-15-29/h3-20,30H,21-23H2,1-2H3,(H,34,38)/t30-/m1/s1. The SMILES string of the molecule is CNC(=O)[C@@H](Cc1ccccc1)N(Cc1cccc(C)c1)C(=O)CN(c1ccc(I)cc1)S(=O)(=O)c1ccccc1. The molecule has 0 fully saturated rings. The van der Waals surface area contributed by atoms with Crippen molar-refractivity contribution in [3.05, 3.63) is 129 Å². The molecule has 0 radical (unpaired) electrons. The Kier molecular flexibility index (Phi) is 10.2. The Labute approximate surface area is 255 Å². The van der Waals surface area contributed by atoms with Gasteiger partial charge in [-0.05, 0) is 77.0 Å². The summed E-state index contributed by atoms with van der Waals surface area (Å²) in [4.78, 5) is 29.1. The molecule has 0 aliphatic heterocycles. The lowest BCUT2D eigenvalue weighted by Gasteiger charge is -2.33. The Balaban J connectivity index is 1.78. The zero-order valence-corrected chi connectivity index (χ0v) is 25.9. The highest BCUT2D eigenvalue weighted by atomic mass is 127. The van der Waals surface area contributed by atoms with Crippen molar-refractivity contribution in [2.24, 2.45) is 0 Å². The van der Waals surface area contributed by atoms with E-state index in [0.29, 0.717) is 5.69 Å². The molecular formula is C32H32IN3O4S. The van der Waals surface area contributed by atoms with Crippen LogP contribution >= 0.6 is 22.6 Å². The number of carbonyl (C=O) groups excluding carboxylic acids is 2. The molecule has 0 heterocycles. The van der Waals surface area contributed by atoms with Gasteiger partial charge in [0.2, 0.25) is 11.8 Å². The molecule has 2 amide bonds. The van der Waals surface area contributed by atoms with E-state index in [-0.39, 0.29) is 23.8 Å². The zero-order valence-electron chi connectivity index (χ0n) is 22.9. The van der Waals surface area contributed by atoms with E-state index in [2.05, 4.69) is 27.9 Å². The summed E-state index contributed by atoms with van der Waals surface area (Å²) in [6, 6.07) is 31.3. The predicted molar refractivity (Wildman–Crippen MR) is 170 cm³/mol. The van der Waals surface area contributed by atoms with Crippen LogP contribution in [0.1, 0.15) is 16.7 Å². The molecular weight excluding hydrogens is 649 g/mol. The number of hydrogen-bond donors (Lipinski definition) is 1. The Hall–Kier alpha value is -3.70. The van der Waals surface area contributed by atoms with Gasteiger partial charge in [0.25, 0.3) is 10.0 Å². The van der Waals surface area contributed by atoms with Gasteiger partial charge in [0.15, 0.2) is 0 Å². The number of nitrogens with zero attached hydrogens (tertiary/aromatic N) is 2. The molecule has 9 heteroatoms. The van der Waals surface area contributed by atoms with Gasteiger partial charge in [0.05, 0.1) is 10.6 Å². The van der Waals surface area contributed by atoms with Gasteiger partial charge in [0, 0.05) is 23.6 Å². The van der Waals surface area contributed by atoms with Crippen LogP contribution < -0.4 is 9.62 Å². The molecule has 0 aliphatic carbocycles. The summed E-state index contributed by atoms with van der Waals surface area (Å²) in [5, 5.41) is 2.70. The minimum absolute atomic E-state index is 0.0729. The maximum atomic E-state index is 14.3. The Bertz CT molecular complexity index is 1580. The summed E-state index contributed by atoms with van der Waals surface area (Å²) in [5.74, 6) is -0.823. The number of carbonyl (C=O) groups is 2. The number of anilines is 1. The van der Waals surface area contributed by atoms with E-state index in [1.165, 1.54) is 24.1 Å². The molecule has 0 unspecified atom stereocenters. The molecule has 0 bridgehead atoms. The average Bonchev–Trinajstić information content (AvgIpc) is 2.98. The first-order valence-electron chi connectivity index (χ1n) is 13.1. The molecule has 4 aromatic carbocycles. The lowest BCUT2D eigenvalue weighted by Crippen LogP contribution is -2.53. The van der Waals surface area contributed by atoms with Crippen LogP contribution in [0.25, 0.3) is 0 Å². The van der Waals surface area contributed by atoms with E-state index in [0.717, 1.165) is 24.6 Å². The quantitative estimate of drug-likeness (QED) is 0.221. The van der Waals surface area contributed by atoms with Gasteiger partial charge in [-0.3, -0.25) is 13.9 Å². The summed E-state index contributed by atoms with van der Waals surface area (Å²) < 4.78 is 29.9. The van der Waals surface area contributed by atoms with Crippen LogP contribution in [0.15, 0.2) is 114 Å². The maximum Gasteiger partial charge on any atom is 0.264 e. The molecule has 7 nitrogen and oxygen atoms in total. The number of likely N-dealkylation sites (N-methyl/N-ethyl adjacent to an activating group) is 1. The second-order valence-corrected chi connectivity index (χ2v) is 12.7. The highest BCUT2D eigenvalue weighted by molar-refractivity contribution is 14.1. The zero-order chi connectivity index (χ0) is 29.4. The lowest BCUT2D eigenvalue weighted by molar-refractivity contribution is -0.139. The first-order valence-corrected chi connectivity index (χ1v) is 15.6. The highest BCUT2D eigenvalue weighted by Crippen LogP contribution is 2.26. The lowest BCUT2D eigenvalue weighted by atomic mass is 10.0. The van der Waals surface area contributed by atoms with E-state index in [1.807, 2.05) is 61.5 Å². The third-order valence-electron chi connectivity index (χ3n) is 6.68. The number of sulfonamides is 1. The minimum Gasteiger partial charge on any atom is -0.357 e. The third kappa shape index (κ3) is 7.74. The fourth-order valence-corrected chi connectivity index (χ4v) is 6.38.